The second-order valence-electron chi connectivity index (χ2n) is 5.85. The number of amides is 1. The van der Waals surface area contributed by atoms with Crippen molar-refractivity contribution in [2.45, 2.75) is 13.5 Å². The number of hydrogen-bond donors (Lipinski definition) is 1. The standard InChI is InChI=1S/C20H17Cl2N3O4/c1-2-28-14-7-9-16(10-8-14)29-15-5-3-13(4-6-15)24-18(26)12-25-20(27)19(22)17(21)11-23-25/h3-11H,2,12H2,1H3,(H,24,26). The first-order valence-electron chi connectivity index (χ1n) is 8.68. The number of hydrogen-bond acceptors (Lipinski definition) is 5. The third-order valence-corrected chi connectivity index (χ3v) is 4.49. The van der Waals surface area contributed by atoms with Crippen LogP contribution in [0.25, 0.3) is 0 Å². The zero-order valence-corrected chi connectivity index (χ0v) is 16.9. The summed E-state index contributed by atoms with van der Waals surface area (Å²) < 4.78 is 12.1. The van der Waals surface area contributed by atoms with Crippen LogP contribution >= 0.6 is 23.2 Å². The molecule has 1 N–H and O–H groups in total. The van der Waals surface area contributed by atoms with Gasteiger partial charge in [0.25, 0.3) is 5.56 Å². The number of halogens is 2. The summed E-state index contributed by atoms with van der Waals surface area (Å²) in [6, 6.07) is 14.1. The van der Waals surface area contributed by atoms with Gasteiger partial charge in [-0.15, -0.1) is 0 Å². The van der Waals surface area contributed by atoms with Crippen molar-refractivity contribution in [2.75, 3.05) is 11.9 Å². The molecular weight excluding hydrogens is 417 g/mol. The molecule has 0 saturated carbocycles. The van der Waals surface area contributed by atoms with E-state index in [1.54, 1.807) is 24.3 Å². The Morgan fingerprint density at radius 2 is 1.62 bits per heavy atom. The van der Waals surface area contributed by atoms with Gasteiger partial charge in [-0.25, -0.2) is 4.68 Å². The molecule has 2 aromatic carbocycles. The molecule has 0 unspecified atom stereocenters. The summed E-state index contributed by atoms with van der Waals surface area (Å²) in [4.78, 5) is 24.1. The first-order chi connectivity index (χ1) is 14.0. The molecule has 0 aliphatic rings. The second-order valence-corrected chi connectivity index (χ2v) is 6.63. The lowest BCUT2D eigenvalue weighted by molar-refractivity contribution is -0.117. The average Bonchev–Trinajstić information content (AvgIpc) is 2.72. The van der Waals surface area contributed by atoms with Crippen molar-refractivity contribution < 1.29 is 14.3 Å². The Hall–Kier alpha value is -3.03. The Morgan fingerprint density at radius 3 is 2.24 bits per heavy atom. The highest BCUT2D eigenvalue weighted by molar-refractivity contribution is 6.41. The summed E-state index contributed by atoms with van der Waals surface area (Å²) in [5.74, 6) is 1.61. The van der Waals surface area contributed by atoms with Crippen LogP contribution in [0.1, 0.15) is 6.92 Å². The summed E-state index contributed by atoms with van der Waals surface area (Å²) in [7, 11) is 0. The summed E-state index contributed by atoms with van der Waals surface area (Å²) in [5, 5.41) is 6.34. The van der Waals surface area contributed by atoms with Crippen LogP contribution in [-0.4, -0.2) is 22.3 Å². The molecule has 1 aromatic heterocycles. The third-order valence-electron chi connectivity index (χ3n) is 3.74. The van der Waals surface area contributed by atoms with Crippen molar-refractivity contribution >= 4 is 34.8 Å². The predicted molar refractivity (Wildman–Crippen MR) is 111 cm³/mol. The van der Waals surface area contributed by atoms with Crippen molar-refractivity contribution in [1.29, 1.82) is 0 Å². The summed E-state index contributed by atoms with van der Waals surface area (Å²) in [6.45, 7) is 2.23. The van der Waals surface area contributed by atoms with E-state index in [1.807, 2.05) is 31.2 Å². The van der Waals surface area contributed by atoms with Gasteiger partial charge in [0.2, 0.25) is 5.91 Å². The Kier molecular flexibility index (Phi) is 6.74. The molecule has 0 bridgehead atoms. The van der Waals surface area contributed by atoms with Gasteiger partial charge in [-0.2, -0.15) is 5.10 Å². The largest absolute Gasteiger partial charge is 0.494 e. The molecule has 0 fully saturated rings. The fraction of sp³-hybridized carbons (Fsp3) is 0.150. The third kappa shape index (κ3) is 5.49. The number of nitrogens with one attached hydrogen (secondary N) is 1. The number of rotatable bonds is 7. The zero-order chi connectivity index (χ0) is 20.8. The van der Waals surface area contributed by atoms with E-state index in [1.165, 1.54) is 6.20 Å². The maximum Gasteiger partial charge on any atom is 0.287 e. The van der Waals surface area contributed by atoms with Crippen LogP contribution in [0.15, 0.2) is 59.5 Å². The minimum Gasteiger partial charge on any atom is -0.494 e. The number of carbonyl (C=O) groups excluding carboxylic acids is 1. The number of ether oxygens (including phenoxy) is 2. The average molecular weight is 434 g/mol. The molecule has 29 heavy (non-hydrogen) atoms. The first-order valence-corrected chi connectivity index (χ1v) is 9.43. The quantitative estimate of drug-likeness (QED) is 0.597. The molecule has 0 spiro atoms. The summed E-state index contributed by atoms with van der Waals surface area (Å²) in [6.07, 6.45) is 1.21. The molecule has 0 aliphatic heterocycles. The van der Waals surface area contributed by atoms with Gasteiger partial charge in [-0.05, 0) is 55.5 Å². The van der Waals surface area contributed by atoms with E-state index in [0.717, 1.165) is 10.4 Å². The highest BCUT2D eigenvalue weighted by Gasteiger charge is 2.11. The zero-order valence-electron chi connectivity index (χ0n) is 15.4. The van der Waals surface area contributed by atoms with Crippen molar-refractivity contribution in [1.82, 2.24) is 9.78 Å². The minimum absolute atomic E-state index is 0.0384. The lowest BCUT2D eigenvalue weighted by Gasteiger charge is -2.09. The van der Waals surface area contributed by atoms with Crippen LogP contribution < -0.4 is 20.3 Å². The fourth-order valence-corrected chi connectivity index (χ4v) is 2.68. The van der Waals surface area contributed by atoms with Crippen LogP contribution in [-0.2, 0) is 11.3 Å². The lowest BCUT2D eigenvalue weighted by atomic mass is 10.3. The molecular formula is C20H17Cl2N3O4. The number of aromatic nitrogens is 2. The molecule has 9 heteroatoms. The molecule has 0 radical (unpaired) electrons. The molecule has 3 aromatic rings. The van der Waals surface area contributed by atoms with Crippen LogP contribution in [0, 0.1) is 0 Å². The Morgan fingerprint density at radius 1 is 1.03 bits per heavy atom. The van der Waals surface area contributed by atoms with Crippen LogP contribution in [0.2, 0.25) is 10.0 Å². The fourth-order valence-electron chi connectivity index (χ4n) is 2.41. The summed E-state index contributed by atoms with van der Waals surface area (Å²) >= 11 is 11.5. The number of carbonyl (C=O) groups is 1. The van der Waals surface area contributed by atoms with Gasteiger partial charge >= 0.3 is 0 Å². The number of nitrogens with zero attached hydrogens (tertiary/aromatic N) is 2. The molecule has 0 atom stereocenters. The minimum atomic E-state index is -0.631. The molecule has 150 valence electrons. The summed E-state index contributed by atoms with van der Waals surface area (Å²) in [5.41, 5.74) is -0.0874. The van der Waals surface area contributed by atoms with Gasteiger partial charge in [-0.3, -0.25) is 9.59 Å². The normalized spacial score (nSPS) is 10.4. The molecule has 7 nitrogen and oxygen atoms in total. The number of benzene rings is 2. The highest BCUT2D eigenvalue weighted by Crippen LogP contribution is 2.25. The number of anilines is 1. The smallest absolute Gasteiger partial charge is 0.287 e. The van der Waals surface area contributed by atoms with E-state index in [2.05, 4.69) is 10.4 Å². The monoisotopic (exact) mass is 433 g/mol. The lowest BCUT2D eigenvalue weighted by Crippen LogP contribution is -2.29. The van der Waals surface area contributed by atoms with Gasteiger partial charge in [0.15, 0.2) is 0 Å². The predicted octanol–water partition coefficient (Wildman–Crippen LogP) is 4.38. The van der Waals surface area contributed by atoms with Gasteiger partial charge < -0.3 is 14.8 Å². The van der Waals surface area contributed by atoms with E-state index >= 15 is 0 Å². The maximum atomic E-state index is 12.2. The van der Waals surface area contributed by atoms with Gasteiger partial charge in [0.1, 0.15) is 28.8 Å². The van der Waals surface area contributed by atoms with Gasteiger partial charge in [0.05, 0.1) is 17.8 Å². The second kappa shape index (κ2) is 9.45. The van der Waals surface area contributed by atoms with Crippen molar-refractivity contribution in [3.63, 3.8) is 0 Å². The first kappa shape index (κ1) is 20.7. The van der Waals surface area contributed by atoms with Crippen molar-refractivity contribution in [3.05, 3.63) is 75.1 Å². The van der Waals surface area contributed by atoms with Crippen molar-refractivity contribution in [3.8, 4) is 17.2 Å². The van der Waals surface area contributed by atoms with E-state index < -0.39 is 11.5 Å². The Bertz CT molecular complexity index is 1050. The maximum absolute atomic E-state index is 12.2. The van der Waals surface area contributed by atoms with Crippen LogP contribution in [0.3, 0.4) is 0 Å². The molecule has 0 aliphatic carbocycles. The Labute approximate surface area is 176 Å². The van der Waals surface area contributed by atoms with E-state index in [4.69, 9.17) is 32.7 Å². The highest BCUT2D eigenvalue weighted by atomic mass is 35.5. The SMILES string of the molecule is CCOc1ccc(Oc2ccc(NC(=O)Cn3ncc(Cl)c(Cl)c3=O)cc2)cc1. The van der Waals surface area contributed by atoms with Crippen molar-refractivity contribution in [2.24, 2.45) is 0 Å². The van der Waals surface area contributed by atoms with Gasteiger partial charge in [-0.1, -0.05) is 23.2 Å². The van der Waals surface area contributed by atoms with Gasteiger partial charge in [0, 0.05) is 5.69 Å². The Balaban J connectivity index is 1.59. The topological polar surface area (TPSA) is 82.4 Å². The molecule has 1 amide bonds. The molecule has 1 heterocycles. The molecule has 0 saturated heterocycles. The van der Waals surface area contributed by atoms with Crippen LogP contribution in [0.4, 0.5) is 5.69 Å². The molecule has 3 rings (SSSR count). The van der Waals surface area contributed by atoms with E-state index in [-0.39, 0.29) is 16.6 Å². The van der Waals surface area contributed by atoms with E-state index in [9.17, 15) is 9.59 Å². The van der Waals surface area contributed by atoms with E-state index in [0.29, 0.717) is 23.8 Å². The van der Waals surface area contributed by atoms with Crippen LogP contribution in [0.5, 0.6) is 17.2 Å².